The Labute approximate surface area is 124 Å². The number of aromatic nitrogens is 1. The lowest BCUT2D eigenvalue weighted by atomic mass is 9.93. The van der Waals surface area contributed by atoms with Crippen LogP contribution in [-0.2, 0) is 6.54 Å². The number of benzene rings is 1. The predicted molar refractivity (Wildman–Crippen MR) is 83.8 cm³/mol. The van der Waals surface area contributed by atoms with Crippen LogP contribution < -0.4 is 5.32 Å². The van der Waals surface area contributed by atoms with Gasteiger partial charge in [-0.25, -0.2) is 4.79 Å². The van der Waals surface area contributed by atoms with Crippen LogP contribution in [0.5, 0.6) is 0 Å². The summed E-state index contributed by atoms with van der Waals surface area (Å²) in [5.41, 5.74) is 2.56. The summed E-state index contributed by atoms with van der Waals surface area (Å²) < 4.78 is 2.24. The first-order valence-electron chi connectivity index (χ1n) is 7.67. The topological polar surface area (TPSA) is 54.3 Å². The van der Waals surface area contributed by atoms with E-state index in [0.717, 1.165) is 17.4 Å². The zero-order valence-electron chi connectivity index (χ0n) is 12.6. The average Bonchev–Trinajstić information content (AvgIpc) is 2.74. The lowest BCUT2D eigenvalue weighted by Crippen LogP contribution is -2.35. The molecule has 1 aromatic carbocycles. The van der Waals surface area contributed by atoms with Crippen molar-refractivity contribution in [1.82, 2.24) is 9.88 Å². The van der Waals surface area contributed by atoms with E-state index in [-0.39, 0.29) is 0 Å². The minimum Gasteiger partial charge on any atom is -0.478 e. The lowest BCUT2D eigenvalue weighted by Gasteiger charge is -2.27. The molecule has 4 heteroatoms. The summed E-state index contributed by atoms with van der Waals surface area (Å²) in [6.45, 7) is 5.08. The number of carbonyl (C=O) groups is 1. The minimum atomic E-state index is -0.861. The number of hydrogen-bond acceptors (Lipinski definition) is 2. The molecule has 1 saturated carbocycles. The molecular formula is C17H22N2O2. The summed E-state index contributed by atoms with van der Waals surface area (Å²) >= 11 is 0. The highest BCUT2D eigenvalue weighted by molar-refractivity contribution is 6.03. The van der Waals surface area contributed by atoms with Gasteiger partial charge in [-0.1, -0.05) is 12.5 Å². The molecule has 2 N–H and O–H groups in total. The maximum atomic E-state index is 11.4. The summed E-state index contributed by atoms with van der Waals surface area (Å²) in [7, 11) is 0. The molecule has 0 saturated heterocycles. The van der Waals surface area contributed by atoms with Gasteiger partial charge in [-0.2, -0.15) is 0 Å². The second-order valence-corrected chi connectivity index (χ2v) is 6.15. The van der Waals surface area contributed by atoms with E-state index >= 15 is 0 Å². The third-order valence-electron chi connectivity index (χ3n) is 4.39. The molecule has 112 valence electrons. The average molecular weight is 286 g/mol. The van der Waals surface area contributed by atoms with Crippen molar-refractivity contribution in [1.29, 1.82) is 0 Å². The highest BCUT2D eigenvalue weighted by atomic mass is 16.4. The van der Waals surface area contributed by atoms with Crippen LogP contribution in [0.25, 0.3) is 10.9 Å². The molecular weight excluding hydrogens is 264 g/mol. The second kappa shape index (κ2) is 5.53. The Morgan fingerprint density at radius 3 is 2.76 bits per heavy atom. The maximum Gasteiger partial charge on any atom is 0.336 e. The molecule has 0 bridgehead atoms. The van der Waals surface area contributed by atoms with Crippen molar-refractivity contribution < 1.29 is 9.90 Å². The maximum absolute atomic E-state index is 11.4. The van der Waals surface area contributed by atoms with Crippen molar-refractivity contribution >= 4 is 16.9 Å². The minimum absolute atomic E-state index is 0.310. The molecule has 4 nitrogen and oxygen atoms in total. The van der Waals surface area contributed by atoms with Gasteiger partial charge in [-0.3, -0.25) is 0 Å². The molecule has 1 aliphatic rings. The van der Waals surface area contributed by atoms with E-state index < -0.39 is 5.97 Å². The highest BCUT2D eigenvalue weighted by Gasteiger charge is 2.20. The van der Waals surface area contributed by atoms with E-state index in [1.54, 1.807) is 6.07 Å². The summed E-state index contributed by atoms with van der Waals surface area (Å²) in [6, 6.07) is 8.48. The fraction of sp³-hybridized carbons (Fsp3) is 0.471. The Morgan fingerprint density at radius 2 is 2.19 bits per heavy atom. The van der Waals surface area contributed by atoms with E-state index in [0.29, 0.717) is 17.6 Å². The first-order chi connectivity index (χ1) is 10.1. The second-order valence-electron chi connectivity index (χ2n) is 6.15. The third kappa shape index (κ3) is 2.56. The van der Waals surface area contributed by atoms with Crippen molar-refractivity contribution in [2.75, 3.05) is 0 Å². The van der Waals surface area contributed by atoms with E-state index in [9.17, 15) is 9.90 Å². The van der Waals surface area contributed by atoms with Gasteiger partial charge in [-0.15, -0.1) is 0 Å². The zero-order chi connectivity index (χ0) is 15.0. The van der Waals surface area contributed by atoms with Crippen LogP contribution in [0.1, 0.15) is 55.2 Å². The van der Waals surface area contributed by atoms with E-state index in [1.807, 2.05) is 18.2 Å². The number of hydrogen-bond donors (Lipinski definition) is 2. The van der Waals surface area contributed by atoms with Crippen molar-refractivity contribution in [2.24, 2.45) is 0 Å². The van der Waals surface area contributed by atoms with Crippen molar-refractivity contribution in [3.8, 4) is 0 Å². The Morgan fingerprint density at radius 1 is 1.43 bits per heavy atom. The summed E-state index contributed by atoms with van der Waals surface area (Å²) in [5.74, 6) is -0.861. The van der Waals surface area contributed by atoms with Crippen LogP contribution >= 0.6 is 0 Å². The fourth-order valence-corrected chi connectivity index (χ4v) is 3.10. The summed E-state index contributed by atoms with van der Waals surface area (Å²) in [5, 5.41) is 13.8. The van der Waals surface area contributed by atoms with Crippen LogP contribution in [0.3, 0.4) is 0 Å². The predicted octanol–water partition coefficient (Wildman–Crippen LogP) is 3.56. The Hall–Kier alpha value is -1.81. The van der Waals surface area contributed by atoms with Crippen molar-refractivity contribution in [3.05, 3.63) is 35.5 Å². The number of carboxylic acids is 1. The molecule has 21 heavy (non-hydrogen) atoms. The quantitative estimate of drug-likeness (QED) is 0.883. The van der Waals surface area contributed by atoms with E-state index in [2.05, 4.69) is 23.7 Å². The van der Waals surface area contributed by atoms with Crippen LogP contribution in [0.2, 0.25) is 0 Å². The number of aromatic carboxylic acids is 1. The largest absolute Gasteiger partial charge is 0.478 e. The van der Waals surface area contributed by atoms with Gasteiger partial charge in [0.25, 0.3) is 0 Å². The monoisotopic (exact) mass is 286 g/mol. The van der Waals surface area contributed by atoms with Crippen LogP contribution in [0, 0.1) is 0 Å². The summed E-state index contributed by atoms with van der Waals surface area (Å²) in [4.78, 5) is 11.4. The molecule has 0 spiro atoms. The van der Waals surface area contributed by atoms with Gasteiger partial charge in [0.05, 0.1) is 5.56 Å². The molecule has 3 rings (SSSR count). The lowest BCUT2D eigenvalue weighted by molar-refractivity contribution is 0.0699. The number of rotatable bonds is 5. The van der Waals surface area contributed by atoms with Crippen LogP contribution in [-0.4, -0.2) is 21.7 Å². The van der Waals surface area contributed by atoms with Crippen molar-refractivity contribution in [3.63, 3.8) is 0 Å². The Bertz CT molecular complexity index is 669. The molecule has 1 heterocycles. The van der Waals surface area contributed by atoms with Gasteiger partial charge in [0.2, 0.25) is 0 Å². The molecule has 1 aromatic heterocycles. The molecule has 0 radical (unpaired) electrons. The van der Waals surface area contributed by atoms with E-state index in [4.69, 9.17) is 0 Å². The molecule has 2 aromatic rings. The van der Waals surface area contributed by atoms with Gasteiger partial charge in [0.1, 0.15) is 0 Å². The molecule has 1 aliphatic carbocycles. The molecule has 0 unspecified atom stereocenters. The zero-order valence-corrected chi connectivity index (χ0v) is 12.6. The highest BCUT2D eigenvalue weighted by Crippen LogP contribution is 2.28. The number of fused-ring (bicyclic) bond motifs is 1. The van der Waals surface area contributed by atoms with E-state index in [1.165, 1.54) is 25.0 Å². The Balaban J connectivity index is 2.02. The van der Waals surface area contributed by atoms with Gasteiger partial charge >= 0.3 is 5.97 Å². The standard InChI is InChI=1S/C17H22N2O2/c1-11(2)19-13(10-18-12-5-3-6-12)9-15-14(17(20)21)7-4-8-16(15)19/h4,7-9,11-12,18H,3,5-6,10H2,1-2H3,(H,20,21). The first kappa shape index (κ1) is 14.1. The molecule has 1 fully saturated rings. The molecule has 0 amide bonds. The first-order valence-corrected chi connectivity index (χ1v) is 7.67. The van der Waals surface area contributed by atoms with Crippen molar-refractivity contribution in [2.45, 2.75) is 51.7 Å². The molecule has 0 aliphatic heterocycles. The smallest absolute Gasteiger partial charge is 0.336 e. The number of carboxylic acid groups (broad SMARTS) is 1. The van der Waals surface area contributed by atoms with Gasteiger partial charge in [-0.05, 0) is 44.9 Å². The normalized spacial score (nSPS) is 15.6. The molecule has 0 atom stereocenters. The summed E-state index contributed by atoms with van der Waals surface area (Å²) in [6.07, 6.45) is 3.82. The van der Waals surface area contributed by atoms with Crippen LogP contribution in [0.15, 0.2) is 24.3 Å². The SMILES string of the molecule is CC(C)n1c(CNC2CCC2)cc2c(C(=O)O)cccc21. The fourth-order valence-electron chi connectivity index (χ4n) is 3.10. The van der Waals surface area contributed by atoms with Gasteiger partial charge < -0.3 is 15.0 Å². The number of nitrogens with zero attached hydrogens (tertiary/aromatic N) is 1. The van der Waals surface area contributed by atoms with Gasteiger partial charge in [0, 0.05) is 35.2 Å². The Kier molecular flexibility index (Phi) is 3.72. The number of nitrogens with one attached hydrogen (secondary N) is 1. The third-order valence-corrected chi connectivity index (χ3v) is 4.39. The van der Waals surface area contributed by atoms with Gasteiger partial charge in [0.15, 0.2) is 0 Å². The van der Waals surface area contributed by atoms with Crippen LogP contribution in [0.4, 0.5) is 0 Å².